The molecule has 0 heterocycles. The lowest BCUT2D eigenvalue weighted by molar-refractivity contribution is 0.659. The maximum Gasteiger partial charge on any atom is 0.0159 e. The summed E-state index contributed by atoms with van der Waals surface area (Å²) < 4.78 is 0. The van der Waals surface area contributed by atoms with E-state index in [-0.39, 0.29) is 5.41 Å². The Morgan fingerprint density at radius 3 is 1.69 bits per heavy atom. The third-order valence-corrected chi connectivity index (χ3v) is 8.05. The third-order valence-electron chi connectivity index (χ3n) is 8.05. The molecular formula is C36H28. The van der Waals surface area contributed by atoms with E-state index in [9.17, 15) is 0 Å². The fraction of sp³-hybridized carbons (Fsp3) is 0.111. The molecule has 1 aliphatic rings. The van der Waals surface area contributed by atoms with Gasteiger partial charge in [0.25, 0.3) is 0 Å². The molecule has 0 bridgehead atoms. The van der Waals surface area contributed by atoms with Crippen LogP contribution in [0.5, 0.6) is 0 Å². The van der Waals surface area contributed by atoms with Crippen molar-refractivity contribution in [2.75, 3.05) is 0 Å². The molecule has 0 N–H and O–H groups in total. The SMILES string of the molecule is CC1(C)c2cc(Cc3ccc4ccccc4c3)ccc2-c2ccc(-c3ccc4ccccc4c3)cc21. The molecule has 0 spiro atoms. The van der Waals surface area contributed by atoms with Gasteiger partial charge >= 0.3 is 0 Å². The lowest BCUT2D eigenvalue weighted by atomic mass is 9.81. The molecule has 172 valence electrons. The van der Waals surface area contributed by atoms with Crippen LogP contribution in [0.2, 0.25) is 0 Å². The summed E-state index contributed by atoms with van der Waals surface area (Å²) in [5.41, 5.74) is 10.9. The van der Waals surface area contributed by atoms with Crippen LogP contribution in [-0.2, 0) is 11.8 Å². The second kappa shape index (κ2) is 7.93. The Kier molecular flexibility index (Phi) is 4.66. The van der Waals surface area contributed by atoms with E-state index in [4.69, 9.17) is 0 Å². The van der Waals surface area contributed by atoms with Crippen molar-refractivity contribution in [3.63, 3.8) is 0 Å². The molecule has 0 saturated carbocycles. The van der Waals surface area contributed by atoms with E-state index in [1.165, 1.54) is 66.1 Å². The first-order chi connectivity index (χ1) is 17.6. The van der Waals surface area contributed by atoms with Crippen molar-refractivity contribution in [2.45, 2.75) is 25.7 Å². The van der Waals surface area contributed by atoms with E-state index in [0.29, 0.717) is 0 Å². The summed E-state index contributed by atoms with van der Waals surface area (Å²) in [7, 11) is 0. The third kappa shape index (κ3) is 3.37. The van der Waals surface area contributed by atoms with Gasteiger partial charge in [0.1, 0.15) is 0 Å². The number of hydrogen-bond acceptors (Lipinski definition) is 0. The average molecular weight is 461 g/mol. The second-order valence-corrected chi connectivity index (χ2v) is 10.7. The van der Waals surface area contributed by atoms with Crippen LogP contribution in [0, 0.1) is 0 Å². The molecule has 0 radical (unpaired) electrons. The zero-order chi connectivity index (χ0) is 24.3. The first-order valence-corrected chi connectivity index (χ1v) is 12.8. The molecule has 0 aromatic heterocycles. The van der Waals surface area contributed by atoms with Gasteiger partial charge in [0.05, 0.1) is 0 Å². The van der Waals surface area contributed by atoms with Crippen molar-refractivity contribution in [3.8, 4) is 22.3 Å². The highest BCUT2D eigenvalue weighted by molar-refractivity contribution is 5.89. The van der Waals surface area contributed by atoms with E-state index in [1.807, 2.05) is 0 Å². The number of hydrogen-bond donors (Lipinski definition) is 0. The van der Waals surface area contributed by atoms with Crippen LogP contribution in [0.25, 0.3) is 43.8 Å². The number of rotatable bonds is 3. The van der Waals surface area contributed by atoms with Crippen LogP contribution in [-0.4, -0.2) is 0 Å². The lowest BCUT2D eigenvalue weighted by Gasteiger charge is -2.22. The zero-order valence-corrected chi connectivity index (χ0v) is 20.8. The molecule has 6 aromatic carbocycles. The normalized spacial score (nSPS) is 13.6. The van der Waals surface area contributed by atoms with Gasteiger partial charge in [-0.1, -0.05) is 123 Å². The van der Waals surface area contributed by atoms with Crippen molar-refractivity contribution in [2.24, 2.45) is 0 Å². The summed E-state index contributed by atoms with van der Waals surface area (Å²) in [6.07, 6.45) is 0.951. The van der Waals surface area contributed by atoms with Crippen LogP contribution in [0.3, 0.4) is 0 Å². The molecule has 0 atom stereocenters. The Balaban J connectivity index is 1.25. The van der Waals surface area contributed by atoms with Crippen LogP contribution < -0.4 is 0 Å². The molecule has 0 heteroatoms. The lowest BCUT2D eigenvalue weighted by Crippen LogP contribution is -2.15. The molecule has 0 aliphatic heterocycles. The Morgan fingerprint density at radius 1 is 0.444 bits per heavy atom. The summed E-state index contributed by atoms with van der Waals surface area (Å²) in [6.45, 7) is 4.75. The monoisotopic (exact) mass is 460 g/mol. The van der Waals surface area contributed by atoms with Crippen LogP contribution in [0.4, 0.5) is 0 Å². The number of benzene rings is 6. The highest BCUT2D eigenvalue weighted by Crippen LogP contribution is 2.50. The molecule has 36 heavy (non-hydrogen) atoms. The van der Waals surface area contributed by atoms with Gasteiger partial charge in [-0.05, 0) is 84.6 Å². The minimum atomic E-state index is -0.0308. The average Bonchev–Trinajstić information content (AvgIpc) is 3.14. The summed E-state index contributed by atoms with van der Waals surface area (Å²) in [4.78, 5) is 0. The van der Waals surface area contributed by atoms with E-state index in [1.54, 1.807) is 0 Å². The maximum absolute atomic E-state index is 2.44. The fourth-order valence-electron chi connectivity index (χ4n) is 6.03. The van der Waals surface area contributed by atoms with Crippen molar-refractivity contribution in [3.05, 3.63) is 144 Å². The summed E-state index contributed by atoms with van der Waals surface area (Å²) in [5.74, 6) is 0. The predicted octanol–water partition coefficient (Wildman–Crippen LogP) is 9.56. The molecular weight excluding hydrogens is 432 g/mol. The molecule has 0 nitrogen and oxygen atoms in total. The summed E-state index contributed by atoms with van der Waals surface area (Å²) >= 11 is 0. The van der Waals surface area contributed by atoms with E-state index >= 15 is 0 Å². The fourth-order valence-corrected chi connectivity index (χ4v) is 6.03. The number of fused-ring (bicyclic) bond motifs is 5. The maximum atomic E-state index is 2.44. The van der Waals surface area contributed by atoms with Gasteiger partial charge in [-0.2, -0.15) is 0 Å². The Labute approximate surface area is 212 Å². The van der Waals surface area contributed by atoms with E-state index < -0.39 is 0 Å². The molecule has 0 fully saturated rings. The van der Waals surface area contributed by atoms with E-state index in [0.717, 1.165) is 6.42 Å². The van der Waals surface area contributed by atoms with Gasteiger partial charge in [0.2, 0.25) is 0 Å². The van der Waals surface area contributed by atoms with Gasteiger partial charge in [-0.25, -0.2) is 0 Å². The van der Waals surface area contributed by atoms with E-state index in [2.05, 4.69) is 135 Å². The van der Waals surface area contributed by atoms with Gasteiger partial charge in [-0.3, -0.25) is 0 Å². The molecule has 0 saturated heterocycles. The van der Waals surface area contributed by atoms with Gasteiger partial charge in [0.15, 0.2) is 0 Å². The van der Waals surface area contributed by atoms with Crippen molar-refractivity contribution < 1.29 is 0 Å². The Morgan fingerprint density at radius 2 is 0.944 bits per heavy atom. The molecule has 7 rings (SSSR count). The topological polar surface area (TPSA) is 0 Å². The predicted molar refractivity (Wildman–Crippen MR) is 154 cm³/mol. The summed E-state index contributed by atoms with van der Waals surface area (Å²) in [6, 6.07) is 45.0. The first kappa shape index (κ1) is 21.1. The van der Waals surface area contributed by atoms with Crippen LogP contribution >= 0.6 is 0 Å². The second-order valence-electron chi connectivity index (χ2n) is 10.7. The van der Waals surface area contributed by atoms with Crippen molar-refractivity contribution >= 4 is 21.5 Å². The minimum absolute atomic E-state index is 0.0308. The zero-order valence-electron chi connectivity index (χ0n) is 20.8. The highest BCUT2D eigenvalue weighted by Gasteiger charge is 2.35. The van der Waals surface area contributed by atoms with Crippen molar-refractivity contribution in [1.29, 1.82) is 0 Å². The Hall–Kier alpha value is -4.16. The molecule has 0 unspecified atom stereocenters. The Bertz CT molecular complexity index is 1780. The quantitative estimate of drug-likeness (QED) is 0.247. The van der Waals surface area contributed by atoms with Gasteiger partial charge in [-0.15, -0.1) is 0 Å². The molecule has 0 amide bonds. The van der Waals surface area contributed by atoms with Crippen LogP contribution in [0.15, 0.2) is 121 Å². The minimum Gasteiger partial charge on any atom is -0.0616 e. The smallest absolute Gasteiger partial charge is 0.0159 e. The first-order valence-electron chi connectivity index (χ1n) is 12.8. The van der Waals surface area contributed by atoms with Crippen LogP contribution in [0.1, 0.15) is 36.1 Å². The largest absolute Gasteiger partial charge is 0.0616 e. The molecule has 6 aromatic rings. The highest BCUT2D eigenvalue weighted by atomic mass is 14.4. The van der Waals surface area contributed by atoms with Gasteiger partial charge in [0, 0.05) is 5.41 Å². The van der Waals surface area contributed by atoms with Crippen molar-refractivity contribution in [1.82, 2.24) is 0 Å². The molecule has 1 aliphatic carbocycles. The summed E-state index contributed by atoms with van der Waals surface area (Å²) in [5, 5.41) is 5.18. The standard InChI is InChI=1S/C36H28/c1-36(2)34-21-25(19-24-11-13-26-7-3-5-9-28(26)20-24)12-17-32(34)33-18-16-31(23-35(33)36)30-15-14-27-8-4-6-10-29(27)22-30/h3-18,20-23H,19H2,1-2H3. The van der Waals surface area contributed by atoms with Gasteiger partial charge < -0.3 is 0 Å².